The average molecular weight is 751 g/mol. The fourth-order valence-corrected chi connectivity index (χ4v) is 12.5. The number of fused-ring (bicyclic) bond motifs is 24. The minimum atomic E-state index is 1.29. The molecule has 0 aromatic heterocycles. The third-order valence-electron chi connectivity index (χ3n) is 14.7. The van der Waals surface area contributed by atoms with E-state index >= 15 is 0 Å². The molecule has 0 saturated carbocycles. The Labute approximate surface area is 342 Å². The smallest absolute Gasteiger partial charge is 0.000672 e. The van der Waals surface area contributed by atoms with Gasteiger partial charge in [-0.2, -0.15) is 0 Å². The lowest BCUT2D eigenvalue weighted by molar-refractivity contribution is 1.81. The summed E-state index contributed by atoms with van der Waals surface area (Å²) in [6.45, 7) is 0. The van der Waals surface area contributed by atoms with Crippen LogP contribution in [0.2, 0.25) is 0 Å². The van der Waals surface area contributed by atoms with E-state index in [1.54, 1.807) is 0 Å². The van der Waals surface area contributed by atoms with Gasteiger partial charge in [0.2, 0.25) is 0 Å². The standard InChI is InChI=1S/C60H30/c1-7-19-37-31(13-1)25-43-52-44(26-32-14-2-8-20-38(32)49(37)52)56-55(43)57-45-27-33-15-3-9-21-39(33)50-40-22-10-4-16-34(40)28-46(53(45)50)59(57)60-48-30-36-18-6-12-24-42(36)51-41-23-11-5-17-35(41)29-47(54(48)51)58(56)60/h1-30H. The van der Waals surface area contributed by atoms with Crippen molar-refractivity contribution in [3.05, 3.63) is 182 Å². The first-order valence-electron chi connectivity index (χ1n) is 21.2. The zero-order chi connectivity index (χ0) is 38.5. The van der Waals surface area contributed by atoms with Crippen molar-refractivity contribution >= 4 is 162 Å². The van der Waals surface area contributed by atoms with Crippen LogP contribution in [0, 0.1) is 0 Å². The Morgan fingerprint density at radius 1 is 0.133 bits per heavy atom. The van der Waals surface area contributed by atoms with Gasteiger partial charge in [0.1, 0.15) is 0 Å². The van der Waals surface area contributed by atoms with Crippen LogP contribution in [0.1, 0.15) is 0 Å². The van der Waals surface area contributed by atoms with Crippen LogP contribution in [0.3, 0.4) is 0 Å². The van der Waals surface area contributed by atoms with Gasteiger partial charge in [-0.1, -0.05) is 146 Å². The highest BCUT2D eigenvalue weighted by atomic mass is 14.3. The SMILES string of the molecule is c1ccc2c(c1)cc1c3c(cc4ccccc4c23)c2c1c1c3cc4ccccc4c4c5ccccc5cc(c34)c1c1c3cc4ccccc4c4c5ccccc5cc(c34)c21. The van der Waals surface area contributed by atoms with E-state index in [0.717, 1.165) is 0 Å². The molecule has 16 rings (SSSR count). The Kier molecular flexibility index (Phi) is 5.18. The number of hydrogen-bond donors (Lipinski definition) is 0. The summed E-state index contributed by atoms with van der Waals surface area (Å²) in [6, 6.07) is 69.6. The summed E-state index contributed by atoms with van der Waals surface area (Å²) < 4.78 is 0. The second-order valence-corrected chi connectivity index (χ2v) is 17.4. The van der Waals surface area contributed by atoms with Crippen molar-refractivity contribution in [1.29, 1.82) is 0 Å². The molecule has 0 N–H and O–H groups in total. The first kappa shape index (κ1) is 30.3. The molecule has 0 unspecified atom stereocenters. The molecule has 0 aliphatic carbocycles. The minimum absolute atomic E-state index is 1.29. The van der Waals surface area contributed by atoms with Crippen LogP contribution in [-0.2, 0) is 0 Å². The Morgan fingerprint density at radius 2 is 0.283 bits per heavy atom. The molecule has 0 fully saturated rings. The van der Waals surface area contributed by atoms with E-state index in [9.17, 15) is 0 Å². The summed E-state index contributed by atoms with van der Waals surface area (Å²) in [5.74, 6) is 0. The second-order valence-electron chi connectivity index (χ2n) is 17.4. The maximum atomic E-state index is 2.53. The van der Waals surface area contributed by atoms with Crippen molar-refractivity contribution < 1.29 is 0 Å². The molecule has 16 aromatic rings. The van der Waals surface area contributed by atoms with Gasteiger partial charge >= 0.3 is 0 Å². The summed E-state index contributed by atoms with van der Waals surface area (Å²) in [4.78, 5) is 0. The fraction of sp³-hybridized carbons (Fsp3) is 0. The zero-order valence-corrected chi connectivity index (χ0v) is 32.3. The van der Waals surface area contributed by atoms with Crippen LogP contribution in [0.4, 0.5) is 0 Å². The molecule has 16 aromatic carbocycles. The monoisotopic (exact) mass is 750 g/mol. The molecular weight excluding hydrogens is 721 g/mol. The van der Waals surface area contributed by atoms with Crippen LogP contribution in [0.15, 0.2) is 182 Å². The second kappa shape index (κ2) is 10.2. The Balaban J connectivity index is 1.35. The van der Waals surface area contributed by atoms with E-state index in [1.165, 1.54) is 162 Å². The Bertz CT molecular complexity index is 3840. The quantitative estimate of drug-likeness (QED) is 0.135. The predicted octanol–water partition coefficient (Wildman–Crippen LogP) is 17.3. The maximum Gasteiger partial charge on any atom is -0.000672 e. The summed E-state index contributed by atoms with van der Waals surface area (Å²) in [6.07, 6.45) is 0. The third kappa shape index (κ3) is 3.36. The molecule has 0 atom stereocenters. The molecule has 0 heterocycles. The van der Waals surface area contributed by atoms with Crippen molar-refractivity contribution in [1.82, 2.24) is 0 Å². The summed E-state index contributed by atoms with van der Waals surface area (Å²) in [5.41, 5.74) is 0. The van der Waals surface area contributed by atoms with Crippen molar-refractivity contribution in [3.63, 3.8) is 0 Å². The van der Waals surface area contributed by atoms with Crippen molar-refractivity contribution in [2.45, 2.75) is 0 Å². The van der Waals surface area contributed by atoms with E-state index in [4.69, 9.17) is 0 Å². The Morgan fingerprint density at radius 3 is 0.467 bits per heavy atom. The topological polar surface area (TPSA) is 0 Å². The van der Waals surface area contributed by atoms with E-state index in [1.807, 2.05) is 0 Å². The van der Waals surface area contributed by atoms with Crippen molar-refractivity contribution in [3.8, 4) is 0 Å². The van der Waals surface area contributed by atoms with Gasteiger partial charge in [-0.25, -0.2) is 0 Å². The average Bonchev–Trinajstić information content (AvgIpc) is 3.91. The van der Waals surface area contributed by atoms with E-state index < -0.39 is 0 Å². The number of rotatable bonds is 0. The lowest BCUT2D eigenvalue weighted by atomic mass is 9.93. The largest absolute Gasteiger partial charge is 0.0616 e. The van der Waals surface area contributed by atoms with Gasteiger partial charge in [-0.05, 0) is 198 Å². The highest BCUT2D eigenvalue weighted by molar-refractivity contribution is 6.59. The van der Waals surface area contributed by atoms with Crippen LogP contribution in [-0.4, -0.2) is 0 Å². The van der Waals surface area contributed by atoms with E-state index in [-0.39, 0.29) is 0 Å². The van der Waals surface area contributed by atoms with Crippen LogP contribution < -0.4 is 0 Å². The van der Waals surface area contributed by atoms with E-state index in [0.29, 0.717) is 0 Å². The highest BCUT2D eigenvalue weighted by Gasteiger charge is 2.29. The molecule has 0 bridgehead atoms. The summed E-state index contributed by atoms with van der Waals surface area (Å²) in [5, 5.41) is 40.4. The number of hydrogen-bond acceptors (Lipinski definition) is 0. The molecule has 0 aliphatic rings. The van der Waals surface area contributed by atoms with Gasteiger partial charge in [-0.3, -0.25) is 0 Å². The molecule has 60 heavy (non-hydrogen) atoms. The van der Waals surface area contributed by atoms with Crippen molar-refractivity contribution in [2.24, 2.45) is 0 Å². The molecule has 0 heteroatoms. The van der Waals surface area contributed by atoms with Gasteiger partial charge in [0.05, 0.1) is 0 Å². The molecular formula is C60H30. The summed E-state index contributed by atoms with van der Waals surface area (Å²) in [7, 11) is 0. The van der Waals surface area contributed by atoms with Gasteiger partial charge in [0.25, 0.3) is 0 Å². The van der Waals surface area contributed by atoms with Gasteiger partial charge in [0, 0.05) is 0 Å². The normalized spacial score (nSPS) is 13.0. The Hall–Kier alpha value is -7.80. The van der Waals surface area contributed by atoms with Crippen molar-refractivity contribution in [2.75, 3.05) is 0 Å². The van der Waals surface area contributed by atoms with Crippen LogP contribution >= 0.6 is 0 Å². The fourth-order valence-electron chi connectivity index (χ4n) is 12.5. The predicted molar refractivity (Wildman–Crippen MR) is 263 cm³/mol. The highest BCUT2D eigenvalue weighted by Crippen LogP contribution is 2.59. The molecule has 0 spiro atoms. The number of benzene rings is 13. The molecule has 0 aliphatic heterocycles. The first-order valence-corrected chi connectivity index (χ1v) is 21.2. The molecule has 0 saturated heterocycles. The van der Waals surface area contributed by atoms with Gasteiger partial charge in [-0.15, -0.1) is 0 Å². The third-order valence-corrected chi connectivity index (χ3v) is 14.7. The van der Waals surface area contributed by atoms with Gasteiger partial charge in [0.15, 0.2) is 0 Å². The lowest BCUT2D eigenvalue weighted by Crippen LogP contribution is -1.82. The minimum Gasteiger partial charge on any atom is -0.0616 e. The maximum absolute atomic E-state index is 2.53. The molecule has 0 radical (unpaired) electrons. The van der Waals surface area contributed by atoms with Gasteiger partial charge < -0.3 is 0 Å². The molecule has 0 nitrogen and oxygen atoms in total. The first-order chi connectivity index (χ1) is 29.8. The summed E-state index contributed by atoms with van der Waals surface area (Å²) >= 11 is 0. The zero-order valence-electron chi connectivity index (χ0n) is 32.3. The van der Waals surface area contributed by atoms with Crippen LogP contribution in [0.25, 0.3) is 162 Å². The van der Waals surface area contributed by atoms with Crippen LogP contribution in [0.5, 0.6) is 0 Å². The molecule has 270 valence electrons. The molecule has 0 amide bonds. The lowest BCUT2D eigenvalue weighted by Gasteiger charge is -2.10. The van der Waals surface area contributed by atoms with E-state index in [2.05, 4.69) is 182 Å².